The molecule has 9 heteroatoms. The lowest BCUT2D eigenvalue weighted by Crippen LogP contribution is -2.46. The summed E-state index contributed by atoms with van der Waals surface area (Å²) in [5.74, 6) is -2.12. The Hall–Kier alpha value is -2.91. The van der Waals surface area contributed by atoms with Crippen LogP contribution in [0.25, 0.3) is 0 Å². The van der Waals surface area contributed by atoms with E-state index in [0.29, 0.717) is 16.5 Å². The number of aromatic amines is 1. The number of thioether (sulfide) groups is 1. The SMILES string of the molecule is O=C1Oc2ccccc2[C@@H]2c3sc(=O)[nH]c3S[C@H](C(=O)Nc3ccc(F)cc3)[C@H]12. The molecule has 2 aromatic carbocycles. The predicted octanol–water partition coefficient (Wildman–Crippen LogP) is 3.36. The number of ether oxygens (including phenoxy) is 1. The number of hydrogen-bond acceptors (Lipinski definition) is 6. The first-order valence-electron chi connectivity index (χ1n) is 8.78. The highest BCUT2D eigenvalue weighted by Gasteiger charge is 2.51. The molecule has 3 aromatic rings. The third kappa shape index (κ3) is 3.06. The van der Waals surface area contributed by atoms with E-state index in [1.807, 2.05) is 12.1 Å². The Bertz CT molecular complexity index is 1190. The number of amides is 1. The van der Waals surface area contributed by atoms with E-state index in [0.717, 1.165) is 33.5 Å². The molecule has 0 saturated carbocycles. The first kappa shape index (κ1) is 18.1. The number of H-pyrrole nitrogens is 1. The fourth-order valence-corrected chi connectivity index (χ4v) is 6.18. The van der Waals surface area contributed by atoms with Crippen molar-refractivity contribution in [1.82, 2.24) is 4.98 Å². The molecule has 0 spiro atoms. The molecular weight excluding hydrogens is 415 g/mol. The molecule has 0 radical (unpaired) electrons. The molecule has 0 fully saturated rings. The third-order valence-corrected chi connectivity index (χ3v) is 7.38. The number of halogens is 1. The number of thiazole rings is 1. The van der Waals surface area contributed by atoms with E-state index < -0.39 is 34.8 Å². The summed E-state index contributed by atoms with van der Waals surface area (Å²) in [5.41, 5.74) is 1.19. The number of nitrogens with one attached hydrogen (secondary N) is 2. The zero-order valence-corrected chi connectivity index (χ0v) is 16.3. The number of para-hydroxylation sites is 1. The van der Waals surface area contributed by atoms with Gasteiger partial charge in [0.15, 0.2) is 0 Å². The van der Waals surface area contributed by atoms with Crippen molar-refractivity contribution in [3.05, 3.63) is 74.5 Å². The van der Waals surface area contributed by atoms with Gasteiger partial charge >= 0.3 is 10.8 Å². The van der Waals surface area contributed by atoms with Crippen LogP contribution in [0.5, 0.6) is 5.75 Å². The van der Waals surface area contributed by atoms with Gasteiger partial charge in [-0.25, -0.2) is 4.39 Å². The van der Waals surface area contributed by atoms with Gasteiger partial charge in [-0.2, -0.15) is 0 Å². The second-order valence-electron chi connectivity index (χ2n) is 6.70. The Balaban J connectivity index is 1.57. The van der Waals surface area contributed by atoms with Crippen LogP contribution in [-0.2, 0) is 9.59 Å². The molecule has 1 amide bonds. The first-order valence-corrected chi connectivity index (χ1v) is 10.5. The second-order valence-corrected chi connectivity index (χ2v) is 8.87. The van der Waals surface area contributed by atoms with Crippen molar-refractivity contribution in [2.75, 3.05) is 5.32 Å². The van der Waals surface area contributed by atoms with Crippen molar-refractivity contribution in [1.29, 1.82) is 0 Å². The summed E-state index contributed by atoms with van der Waals surface area (Å²) in [6.45, 7) is 0. The number of fused-ring (bicyclic) bond motifs is 5. The third-order valence-electron chi connectivity index (χ3n) is 4.96. The van der Waals surface area contributed by atoms with Gasteiger partial charge in [-0.1, -0.05) is 41.3 Å². The van der Waals surface area contributed by atoms with Gasteiger partial charge in [0.1, 0.15) is 16.8 Å². The second kappa shape index (κ2) is 6.85. The van der Waals surface area contributed by atoms with Crippen molar-refractivity contribution >= 4 is 40.7 Å². The van der Waals surface area contributed by atoms with E-state index in [2.05, 4.69) is 10.3 Å². The minimum Gasteiger partial charge on any atom is -0.426 e. The molecule has 3 atom stereocenters. The molecule has 6 nitrogen and oxygen atoms in total. The van der Waals surface area contributed by atoms with Gasteiger partial charge < -0.3 is 15.0 Å². The molecule has 0 aliphatic carbocycles. The maximum Gasteiger partial charge on any atom is 0.317 e. The zero-order valence-electron chi connectivity index (χ0n) is 14.7. The van der Waals surface area contributed by atoms with Crippen LogP contribution < -0.4 is 14.9 Å². The molecule has 29 heavy (non-hydrogen) atoms. The summed E-state index contributed by atoms with van der Waals surface area (Å²) in [5, 5.41) is 2.50. The van der Waals surface area contributed by atoms with Gasteiger partial charge in [0, 0.05) is 22.0 Å². The highest BCUT2D eigenvalue weighted by atomic mass is 32.2. The summed E-state index contributed by atoms with van der Waals surface area (Å²) >= 11 is 2.19. The van der Waals surface area contributed by atoms with Crippen LogP contribution in [0.2, 0.25) is 0 Å². The van der Waals surface area contributed by atoms with Crippen molar-refractivity contribution in [2.45, 2.75) is 16.2 Å². The molecule has 0 bridgehead atoms. The Morgan fingerprint density at radius 2 is 1.86 bits per heavy atom. The van der Waals surface area contributed by atoms with Crippen molar-refractivity contribution in [3.63, 3.8) is 0 Å². The van der Waals surface area contributed by atoms with Crippen LogP contribution in [0, 0.1) is 11.7 Å². The average molecular weight is 428 g/mol. The van der Waals surface area contributed by atoms with Crippen molar-refractivity contribution in [3.8, 4) is 5.75 Å². The minimum absolute atomic E-state index is 0.239. The summed E-state index contributed by atoms with van der Waals surface area (Å²) in [4.78, 5) is 41.2. The molecule has 0 unspecified atom stereocenters. The highest BCUT2D eigenvalue weighted by molar-refractivity contribution is 8.00. The number of rotatable bonds is 2. The Morgan fingerprint density at radius 1 is 1.10 bits per heavy atom. The lowest BCUT2D eigenvalue weighted by Gasteiger charge is -2.38. The van der Waals surface area contributed by atoms with Crippen LogP contribution >= 0.6 is 23.1 Å². The molecule has 5 rings (SSSR count). The van der Waals surface area contributed by atoms with Crippen LogP contribution in [0.3, 0.4) is 0 Å². The average Bonchev–Trinajstić information content (AvgIpc) is 3.09. The maximum absolute atomic E-state index is 13.1. The van der Waals surface area contributed by atoms with Gasteiger partial charge in [0.25, 0.3) is 0 Å². The largest absolute Gasteiger partial charge is 0.426 e. The van der Waals surface area contributed by atoms with E-state index in [9.17, 15) is 18.8 Å². The van der Waals surface area contributed by atoms with Gasteiger partial charge in [-0.15, -0.1) is 0 Å². The molecule has 146 valence electrons. The Labute approximate surface area is 172 Å². The van der Waals surface area contributed by atoms with Gasteiger partial charge in [-0.05, 0) is 30.3 Å². The zero-order chi connectivity index (χ0) is 20.1. The molecule has 2 aliphatic heterocycles. The van der Waals surface area contributed by atoms with E-state index in [1.165, 1.54) is 24.3 Å². The lowest BCUT2D eigenvalue weighted by atomic mass is 9.80. The number of benzene rings is 2. The molecule has 1 aromatic heterocycles. The number of esters is 1. The summed E-state index contributed by atoms with van der Waals surface area (Å²) in [6.07, 6.45) is 0. The van der Waals surface area contributed by atoms with Crippen LogP contribution in [-0.4, -0.2) is 22.1 Å². The highest BCUT2D eigenvalue weighted by Crippen LogP contribution is 2.53. The first-order chi connectivity index (χ1) is 14.0. The number of carbonyl (C=O) groups excluding carboxylic acids is 2. The summed E-state index contributed by atoms with van der Waals surface area (Å²) in [6, 6.07) is 12.5. The van der Waals surface area contributed by atoms with E-state index >= 15 is 0 Å². The Morgan fingerprint density at radius 3 is 2.66 bits per heavy atom. The number of aromatic nitrogens is 1. The lowest BCUT2D eigenvalue weighted by molar-refractivity contribution is -0.142. The molecule has 0 saturated heterocycles. The van der Waals surface area contributed by atoms with Crippen LogP contribution in [0.4, 0.5) is 10.1 Å². The van der Waals surface area contributed by atoms with Gasteiger partial charge in [0.2, 0.25) is 5.91 Å². The molecular formula is C20H13FN2O4S2. The number of hydrogen-bond donors (Lipinski definition) is 2. The fraction of sp³-hybridized carbons (Fsp3) is 0.150. The normalized spacial score (nSPS) is 22.1. The Kier molecular flexibility index (Phi) is 4.29. The van der Waals surface area contributed by atoms with E-state index in [4.69, 9.17) is 4.74 Å². The van der Waals surface area contributed by atoms with Gasteiger partial charge in [0.05, 0.1) is 10.9 Å². The standard InChI is InChI=1S/C20H13FN2O4S2/c21-9-5-7-10(8-6-9)22-17(24)15-14-13(16-18(28-15)23-20(26)29-16)11-3-1-2-4-12(11)27-19(14)25/h1-8,13-15H,(H,22,24)(H,23,26)/t13-,14+,15-/m0/s1. The van der Waals surface area contributed by atoms with Crippen LogP contribution in [0.1, 0.15) is 16.4 Å². The van der Waals surface area contributed by atoms with Crippen molar-refractivity contribution < 1.29 is 18.7 Å². The van der Waals surface area contributed by atoms with Crippen molar-refractivity contribution in [2.24, 2.45) is 5.92 Å². The van der Waals surface area contributed by atoms with E-state index in [1.54, 1.807) is 12.1 Å². The summed E-state index contributed by atoms with van der Waals surface area (Å²) < 4.78 is 18.7. The summed E-state index contributed by atoms with van der Waals surface area (Å²) in [7, 11) is 0. The molecule has 3 heterocycles. The predicted molar refractivity (Wildman–Crippen MR) is 107 cm³/mol. The minimum atomic E-state index is -0.816. The topological polar surface area (TPSA) is 88.3 Å². The molecule has 2 N–H and O–H groups in total. The maximum atomic E-state index is 13.1. The molecule has 2 aliphatic rings. The smallest absolute Gasteiger partial charge is 0.317 e. The quantitative estimate of drug-likeness (QED) is 0.483. The number of anilines is 1. The number of carbonyl (C=O) groups is 2. The van der Waals surface area contributed by atoms with E-state index in [-0.39, 0.29) is 4.87 Å². The van der Waals surface area contributed by atoms with Gasteiger partial charge in [-0.3, -0.25) is 14.4 Å². The fourth-order valence-electron chi connectivity index (χ4n) is 3.72. The monoisotopic (exact) mass is 428 g/mol. The van der Waals surface area contributed by atoms with Crippen LogP contribution in [0.15, 0.2) is 58.4 Å².